The Morgan fingerprint density at radius 3 is 2.52 bits per heavy atom. The third kappa shape index (κ3) is 9.29. The highest BCUT2D eigenvalue weighted by molar-refractivity contribution is 5.97. The van der Waals surface area contributed by atoms with Crippen LogP contribution in [0.4, 0.5) is 4.79 Å². The minimum Gasteiger partial charge on any atom is -0.444 e. The number of rotatable bonds is 8. The van der Waals surface area contributed by atoms with Crippen LogP contribution in [0.2, 0.25) is 0 Å². The van der Waals surface area contributed by atoms with E-state index in [9.17, 15) is 14.9 Å². The van der Waals surface area contributed by atoms with Gasteiger partial charge in [-0.3, -0.25) is 4.79 Å². The highest BCUT2D eigenvalue weighted by atomic mass is 16.6. The Balaban J connectivity index is 2.38. The van der Waals surface area contributed by atoms with Crippen LogP contribution in [0.3, 0.4) is 0 Å². The standard InChI is InChI=1S/C19H32N4O4/c1-5-26-12-6-9-21-17(24)15(13-20)14-22-16-7-10-23(11-8-16)18(25)27-19(2,3)4/h14,16,22H,5-12H2,1-4H3,(H,21,24)/b15-14-. The van der Waals surface area contributed by atoms with E-state index in [1.165, 1.54) is 6.20 Å². The molecule has 0 aromatic carbocycles. The molecule has 0 bridgehead atoms. The van der Waals surface area contributed by atoms with Gasteiger partial charge in [-0.1, -0.05) is 0 Å². The van der Waals surface area contributed by atoms with E-state index in [1.54, 1.807) is 4.90 Å². The van der Waals surface area contributed by atoms with Gasteiger partial charge in [-0.15, -0.1) is 0 Å². The Hall–Kier alpha value is -2.27. The number of hydrogen-bond acceptors (Lipinski definition) is 6. The molecule has 0 aliphatic carbocycles. The zero-order valence-electron chi connectivity index (χ0n) is 16.8. The predicted molar refractivity (Wildman–Crippen MR) is 102 cm³/mol. The molecule has 0 unspecified atom stereocenters. The van der Waals surface area contributed by atoms with E-state index in [-0.39, 0.29) is 17.7 Å². The van der Waals surface area contributed by atoms with Crippen LogP contribution >= 0.6 is 0 Å². The molecular weight excluding hydrogens is 348 g/mol. The highest BCUT2D eigenvalue weighted by Gasteiger charge is 2.26. The first-order valence-corrected chi connectivity index (χ1v) is 9.47. The van der Waals surface area contributed by atoms with E-state index in [2.05, 4.69) is 10.6 Å². The summed E-state index contributed by atoms with van der Waals surface area (Å²) in [5.74, 6) is -0.396. The van der Waals surface area contributed by atoms with Crippen molar-refractivity contribution in [3.05, 3.63) is 11.8 Å². The van der Waals surface area contributed by atoms with Crippen LogP contribution in [0.15, 0.2) is 11.8 Å². The summed E-state index contributed by atoms with van der Waals surface area (Å²) >= 11 is 0. The Morgan fingerprint density at radius 2 is 1.96 bits per heavy atom. The lowest BCUT2D eigenvalue weighted by Crippen LogP contribution is -2.45. The van der Waals surface area contributed by atoms with E-state index < -0.39 is 11.5 Å². The number of carbonyl (C=O) groups excluding carboxylic acids is 2. The van der Waals surface area contributed by atoms with Gasteiger partial charge in [0.25, 0.3) is 5.91 Å². The lowest BCUT2D eigenvalue weighted by atomic mass is 10.1. The summed E-state index contributed by atoms with van der Waals surface area (Å²) in [7, 11) is 0. The number of piperidine rings is 1. The zero-order chi connectivity index (χ0) is 20.3. The fourth-order valence-electron chi connectivity index (χ4n) is 2.52. The highest BCUT2D eigenvalue weighted by Crippen LogP contribution is 2.15. The fraction of sp³-hybridized carbons (Fsp3) is 0.737. The van der Waals surface area contributed by atoms with Crippen LogP contribution < -0.4 is 10.6 Å². The molecule has 0 atom stereocenters. The van der Waals surface area contributed by atoms with Crippen molar-refractivity contribution in [2.45, 2.75) is 58.6 Å². The summed E-state index contributed by atoms with van der Waals surface area (Å²) in [4.78, 5) is 25.7. The third-order valence-electron chi connectivity index (χ3n) is 3.93. The van der Waals surface area contributed by atoms with Crippen molar-refractivity contribution in [3.8, 4) is 6.07 Å². The fourth-order valence-corrected chi connectivity index (χ4v) is 2.52. The van der Waals surface area contributed by atoms with Crippen LogP contribution in [-0.2, 0) is 14.3 Å². The van der Waals surface area contributed by atoms with Crippen LogP contribution in [0, 0.1) is 11.3 Å². The molecule has 0 aromatic heterocycles. The van der Waals surface area contributed by atoms with E-state index >= 15 is 0 Å². The molecule has 0 aromatic rings. The predicted octanol–water partition coefficient (Wildman–Crippen LogP) is 1.93. The molecule has 0 radical (unpaired) electrons. The Kier molecular flexibility index (Phi) is 9.65. The van der Waals surface area contributed by atoms with E-state index in [1.807, 2.05) is 33.8 Å². The van der Waals surface area contributed by atoms with E-state index in [0.29, 0.717) is 39.3 Å². The molecule has 152 valence electrons. The maximum atomic E-state index is 12.1. The van der Waals surface area contributed by atoms with Gasteiger partial charge in [-0.2, -0.15) is 5.26 Å². The first-order valence-electron chi connectivity index (χ1n) is 9.47. The maximum absolute atomic E-state index is 12.1. The van der Waals surface area contributed by atoms with E-state index in [4.69, 9.17) is 9.47 Å². The van der Waals surface area contributed by atoms with Gasteiger partial charge >= 0.3 is 6.09 Å². The molecule has 2 amide bonds. The van der Waals surface area contributed by atoms with Crippen molar-refractivity contribution in [1.82, 2.24) is 15.5 Å². The monoisotopic (exact) mass is 380 g/mol. The molecule has 2 N–H and O–H groups in total. The molecule has 1 fully saturated rings. The van der Waals surface area contributed by atoms with Gasteiger partial charge in [-0.05, 0) is 47.0 Å². The molecule has 8 heteroatoms. The SMILES string of the molecule is CCOCCCNC(=O)/C(C#N)=C\NC1CCN(C(=O)OC(C)(C)C)CC1. The van der Waals surface area contributed by atoms with Gasteiger partial charge in [-0.25, -0.2) is 4.79 Å². The van der Waals surface area contributed by atoms with Gasteiger partial charge < -0.3 is 25.0 Å². The molecule has 1 saturated heterocycles. The molecule has 0 saturated carbocycles. The number of nitriles is 1. The van der Waals surface area contributed by atoms with Gasteiger partial charge in [0.05, 0.1) is 0 Å². The molecule has 8 nitrogen and oxygen atoms in total. The zero-order valence-corrected chi connectivity index (χ0v) is 16.8. The van der Waals surface area contributed by atoms with Crippen LogP contribution in [0.25, 0.3) is 0 Å². The molecular formula is C19H32N4O4. The average Bonchev–Trinajstić information content (AvgIpc) is 2.61. The third-order valence-corrected chi connectivity index (χ3v) is 3.93. The number of nitrogens with zero attached hydrogens (tertiary/aromatic N) is 2. The molecule has 1 aliphatic heterocycles. The summed E-state index contributed by atoms with van der Waals surface area (Å²) in [6, 6.07) is 2.03. The van der Waals surface area contributed by atoms with Gasteiger partial charge in [0.1, 0.15) is 17.2 Å². The molecule has 1 heterocycles. The molecule has 1 rings (SSSR count). The number of likely N-dealkylation sites (tertiary alicyclic amines) is 1. The minimum absolute atomic E-state index is 0.0426. The Morgan fingerprint density at radius 1 is 1.30 bits per heavy atom. The maximum Gasteiger partial charge on any atom is 0.410 e. The molecule has 1 aliphatic rings. The second kappa shape index (κ2) is 11.4. The number of hydrogen-bond donors (Lipinski definition) is 2. The van der Waals surface area contributed by atoms with Crippen molar-refractivity contribution < 1.29 is 19.1 Å². The Labute approximate surface area is 161 Å². The number of amides is 2. The largest absolute Gasteiger partial charge is 0.444 e. The smallest absolute Gasteiger partial charge is 0.410 e. The quantitative estimate of drug-likeness (QED) is 0.379. The summed E-state index contributed by atoms with van der Waals surface area (Å²) in [6.07, 6.45) is 3.32. The normalized spacial score (nSPS) is 15.8. The van der Waals surface area contributed by atoms with Crippen molar-refractivity contribution in [2.75, 3.05) is 32.8 Å². The van der Waals surface area contributed by atoms with Gasteiger partial charge in [0.15, 0.2) is 0 Å². The summed E-state index contributed by atoms with van der Waals surface area (Å²) < 4.78 is 10.6. The lowest BCUT2D eigenvalue weighted by molar-refractivity contribution is -0.117. The first kappa shape index (κ1) is 22.8. The van der Waals surface area contributed by atoms with Crippen molar-refractivity contribution >= 4 is 12.0 Å². The molecule has 27 heavy (non-hydrogen) atoms. The van der Waals surface area contributed by atoms with Crippen molar-refractivity contribution in [3.63, 3.8) is 0 Å². The first-order chi connectivity index (χ1) is 12.8. The van der Waals surface area contributed by atoms with Crippen molar-refractivity contribution in [2.24, 2.45) is 0 Å². The second-order valence-corrected chi connectivity index (χ2v) is 7.38. The van der Waals surface area contributed by atoms with E-state index in [0.717, 1.165) is 12.8 Å². The lowest BCUT2D eigenvalue weighted by Gasteiger charge is -2.33. The second-order valence-electron chi connectivity index (χ2n) is 7.38. The van der Waals surface area contributed by atoms with Crippen molar-refractivity contribution in [1.29, 1.82) is 5.26 Å². The molecule has 0 spiro atoms. The van der Waals surface area contributed by atoms with Crippen LogP contribution in [0.5, 0.6) is 0 Å². The topological polar surface area (TPSA) is 104 Å². The van der Waals surface area contributed by atoms with Crippen LogP contribution in [0.1, 0.15) is 47.0 Å². The van der Waals surface area contributed by atoms with Gasteiger partial charge in [0.2, 0.25) is 0 Å². The van der Waals surface area contributed by atoms with Gasteiger partial charge in [0, 0.05) is 45.1 Å². The summed E-state index contributed by atoms with van der Waals surface area (Å²) in [5, 5.41) is 15.0. The van der Waals surface area contributed by atoms with Crippen LogP contribution in [-0.4, -0.2) is 61.4 Å². The average molecular weight is 380 g/mol. The number of nitrogens with one attached hydrogen (secondary N) is 2. The number of carbonyl (C=O) groups is 2. The summed E-state index contributed by atoms with van der Waals surface area (Å²) in [5.41, 5.74) is -0.465. The Bertz CT molecular complexity index is 555. The summed E-state index contributed by atoms with van der Waals surface area (Å²) in [6.45, 7) is 10.3. The minimum atomic E-state index is -0.507. The number of ether oxygens (including phenoxy) is 2.